The molecule has 0 amide bonds. The predicted molar refractivity (Wildman–Crippen MR) is 69.4 cm³/mol. The van der Waals surface area contributed by atoms with Gasteiger partial charge in [-0.1, -0.05) is 19.8 Å². The molecular weight excluding hydrogens is 266 g/mol. The lowest BCUT2D eigenvalue weighted by atomic mass is 10.1. The Kier molecular flexibility index (Phi) is 4.41. The molecule has 16 heavy (non-hydrogen) atoms. The second-order valence-electron chi connectivity index (χ2n) is 4.46. The standard InChI is InChI=1S/C12H20BrN3/c1-2-8-16-12(10(13)9-15-16)11-6-4-3-5-7-14-11/h9,11,14H,2-8H2,1H3. The molecule has 1 atom stereocenters. The zero-order valence-electron chi connectivity index (χ0n) is 9.88. The first-order chi connectivity index (χ1) is 7.83. The average molecular weight is 286 g/mol. The number of rotatable bonds is 3. The minimum absolute atomic E-state index is 0.478. The summed E-state index contributed by atoms with van der Waals surface area (Å²) in [5.41, 5.74) is 1.34. The highest BCUT2D eigenvalue weighted by Gasteiger charge is 2.20. The fraction of sp³-hybridized carbons (Fsp3) is 0.750. The quantitative estimate of drug-likeness (QED) is 0.924. The van der Waals surface area contributed by atoms with Crippen LogP contribution in [0.1, 0.15) is 50.8 Å². The van der Waals surface area contributed by atoms with Gasteiger partial charge in [0, 0.05) is 6.54 Å². The molecule has 2 rings (SSSR count). The van der Waals surface area contributed by atoms with Crippen LogP contribution in [-0.2, 0) is 6.54 Å². The topological polar surface area (TPSA) is 29.9 Å². The summed E-state index contributed by atoms with van der Waals surface area (Å²) in [5.74, 6) is 0. The second kappa shape index (κ2) is 5.82. The van der Waals surface area contributed by atoms with Gasteiger partial charge >= 0.3 is 0 Å². The van der Waals surface area contributed by atoms with Crippen LogP contribution in [0.2, 0.25) is 0 Å². The van der Waals surface area contributed by atoms with E-state index in [1.165, 1.54) is 31.4 Å². The van der Waals surface area contributed by atoms with E-state index in [2.05, 4.69) is 38.0 Å². The molecule has 1 fully saturated rings. The third kappa shape index (κ3) is 2.66. The van der Waals surface area contributed by atoms with Crippen molar-refractivity contribution in [1.29, 1.82) is 0 Å². The normalized spacial score (nSPS) is 22.0. The molecule has 0 spiro atoms. The summed E-state index contributed by atoms with van der Waals surface area (Å²) in [7, 11) is 0. The summed E-state index contributed by atoms with van der Waals surface area (Å²) >= 11 is 3.62. The summed E-state index contributed by atoms with van der Waals surface area (Å²) in [6.45, 7) is 4.34. The van der Waals surface area contributed by atoms with Gasteiger partial charge in [0.15, 0.2) is 0 Å². The van der Waals surface area contributed by atoms with Gasteiger partial charge in [-0.15, -0.1) is 0 Å². The molecule has 1 aromatic rings. The minimum Gasteiger partial charge on any atom is -0.309 e. The third-order valence-corrected chi connectivity index (χ3v) is 3.77. The van der Waals surface area contributed by atoms with Gasteiger partial charge in [0.2, 0.25) is 0 Å². The van der Waals surface area contributed by atoms with Gasteiger partial charge in [0.25, 0.3) is 0 Å². The van der Waals surface area contributed by atoms with Gasteiger partial charge in [-0.25, -0.2) is 0 Å². The molecule has 1 N–H and O–H groups in total. The predicted octanol–water partition coefficient (Wildman–Crippen LogP) is 3.26. The Bertz CT molecular complexity index is 327. The summed E-state index contributed by atoms with van der Waals surface area (Å²) in [6, 6.07) is 0.478. The Morgan fingerprint density at radius 1 is 1.50 bits per heavy atom. The van der Waals surface area contributed by atoms with Crippen molar-refractivity contribution < 1.29 is 0 Å². The molecular formula is C12H20BrN3. The number of aryl methyl sites for hydroxylation is 1. The molecule has 90 valence electrons. The van der Waals surface area contributed by atoms with Crippen LogP contribution in [0.4, 0.5) is 0 Å². The van der Waals surface area contributed by atoms with E-state index in [1.807, 2.05) is 6.20 Å². The Morgan fingerprint density at radius 3 is 3.19 bits per heavy atom. The van der Waals surface area contributed by atoms with Crippen molar-refractivity contribution in [2.75, 3.05) is 6.54 Å². The smallest absolute Gasteiger partial charge is 0.0695 e. The van der Waals surface area contributed by atoms with Gasteiger partial charge < -0.3 is 5.32 Å². The Morgan fingerprint density at radius 2 is 2.38 bits per heavy atom. The van der Waals surface area contributed by atoms with Gasteiger partial charge in [-0.3, -0.25) is 4.68 Å². The molecule has 0 saturated carbocycles. The lowest BCUT2D eigenvalue weighted by Crippen LogP contribution is -2.23. The molecule has 1 aliphatic rings. The van der Waals surface area contributed by atoms with E-state index in [9.17, 15) is 0 Å². The number of nitrogens with one attached hydrogen (secondary N) is 1. The molecule has 0 aliphatic carbocycles. The maximum absolute atomic E-state index is 4.44. The van der Waals surface area contributed by atoms with Crippen molar-refractivity contribution in [3.63, 3.8) is 0 Å². The van der Waals surface area contributed by atoms with E-state index in [0.29, 0.717) is 6.04 Å². The number of hydrogen-bond donors (Lipinski definition) is 1. The van der Waals surface area contributed by atoms with Crippen LogP contribution in [0.25, 0.3) is 0 Å². The van der Waals surface area contributed by atoms with Crippen LogP contribution in [0.3, 0.4) is 0 Å². The molecule has 4 heteroatoms. The monoisotopic (exact) mass is 285 g/mol. The van der Waals surface area contributed by atoms with Crippen molar-refractivity contribution in [3.05, 3.63) is 16.4 Å². The van der Waals surface area contributed by atoms with E-state index in [0.717, 1.165) is 24.0 Å². The van der Waals surface area contributed by atoms with Crippen LogP contribution >= 0.6 is 15.9 Å². The highest BCUT2D eigenvalue weighted by molar-refractivity contribution is 9.10. The maximum atomic E-state index is 4.44. The van der Waals surface area contributed by atoms with E-state index in [-0.39, 0.29) is 0 Å². The molecule has 1 saturated heterocycles. The first kappa shape index (κ1) is 12.1. The van der Waals surface area contributed by atoms with E-state index < -0.39 is 0 Å². The van der Waals surface area contributed by atoms with Gasteiger partial charge in [0.1, 0.15) is 0 Å². The molecule has 0 radical (unpaired) electrons. The van der Waals surface area contributed by atoms with Crippen LogP contribution in [0, 0.1) is 0 Å². The van der Waals surface area contributed by atoms with Gasteiger partial charge in [-0.2, -0.15) is 5.10 Å². The largest absolute Gasteiger partial charge is 0.309 e. The lowest BCUT2D eigenvalue weighted by Gasteiger charge is -2.18. The third-order valence-electron chi connectivity index (χ3n) is 3.16. The number of aromatic nitrogens is 2. The van der Waals surface area contributed by atoms with Crippen molar-refractivity contribution in [3.8, 4) is 0 Å². The summed E-state index contributed by atoms with van der Waals surface area (Å²) in [6.07, 6.45) is 8.26. The van der Waals surface area contributed by atoms with Crippen molar-refractivity contribution >= 4 is 15.9 Å². The first-order valence-electron chi connectivity index (χ1n) is 6.27. The van der Waals surface area contributed by atoms with Crippen LogP contribution in [-0.4, -0.2) is 16.3 Å². The highest BCUT2D eigenvalue weighted by Crippen LogP contribution is 2.28. The number of halogens is 1. The summed E-state index contributed by atoms with van der Waals surface area (Å²) < 4.78 is 3.30. The maximum Gasteiger partial charge on any atom is 0.0695 e. The Balaban J connectivity index is 2.19. The molecule has 1 aliphatic heterocycles. The van der Waals surface area contributed by atoms with Gasteiger partial charge in [-0.05, 0) is 41.7 Å². The van der Waals surface area contributed by atoms with Gasteiger partial charge in [0.05, 0.1) is 22.4 Å². The highest BCUT2D eigenvalue weighted by atomic mass is 79.9. The van der Waals surface area contributed by atoms with Crippen molar-refractivity contribution in [1.82, 2.24) is 15.1 Å². The van der Waals surface area contributed by atoms with Crippen LogP contribution in [0.5, 0.6) is 0 Å². The second-order valence-corrected chi connectivity index (χ2v) is 5.31. The zero-order chi connectivity index (χ0) is 11.4. The SMILES string of the molecule is CCCn1ncc(Br)c1C1CCCCCN1. The van der Waals surface area contributed by atoms with E-state index in [1.54, 1.807) is 0 Å². The molecule has 3 nitrogen and oxygen atoms in total. The molecule has 2 heterocycles. The van der Waals surface area contributed by atoms with E-state index in [4.69, 9.17) is 0 Å². The fourth-order valence-corrected chi connectivity index (χ4v) is 2.94. The minimum atomic E-state index is 0.478. The summed E-state index contributed by atoms with van der Waals surface area (Å²) in [5, 5.41) is 8.07. The molecule has 1 aromatic heterocycles. The fourth-order valence-electron chi connectivity index (χ4n) is 2.37. The van der Waals surface area contributed by atoms with Crippen molar-refractivity contribution in [2.45, 2.75) is 51.6 Å². The van der Waals surface area contributed by atoms with Crippen LogP contribution < -0.4 is 5.32 Å². The molecule has 1 unspecified atom stereocenters. The number of nitrogens with zero attached hydrogens (tertiary/aromatic N) is 2. The zero-order valence-corrected chi connectivity index (χ0v) is 11.5. The Hall–Kier alpha value is -0.350. The van der Waals surface area contributed by atoms with E-state index >= 15 is 0 Å². The average Bonchev–Trinajstić information content (AvgIpc) is 2.53. The van der Waals surface area contributed by atoms with Crippen LogP contribution in [0.15, 0.2) is 10.7 Å². The van der Waals surface area contributed by atoms with Crippen molar-refractivity contribution in [2.24, 2.45) is 0 Å². The Labute approximate surface area is 106 Å². The first-order valence-corrected chi connectivity index (χ1v) is 7.06. The molecule has 0 bridgehead atoms. The summed E-state index contributed by atoms with van der Waals surface area (Å²) in [4.78, 5) is 0. The molecule has 0 aromatic carbocycles. The number of hydrogen-bond acceptors (Lipinski definition) is 2. The lowest BCUT2D eigenvalue weighted by molar-refractivity contribution is 0.467.